The van der Waals surface area contributed by atoms with Crippen molar-refractivity contribution in [2.75, 3.05) is 7.11 Å². The van der Waals surface area contributed by atoms with Gasteiger partial charge in [0.1, 0.15) is 0 Å². The van der Waals surface area contributed by atoms with E-state index < -0.39 is 5.97 Å². The van der Waals surface area contributed by atoms with Gasteiger partial charge in [-0.05, 0) is 24.3 Å². The van der Waals surface area contributed by atoms with Gasteiger partial charge in [-0.1, -0.05) is 48.5 Å². The van der Waals surface area contributed by atoms with Crippen LogP contribution in [-0.4, -0.2) is 18.1 Å². The number of aromatic nitrogens is 1. The maximum atomic E-state index is 13.0. The molecule has 0 unspecified atom stereocenters. The number of carbonyl (C=O) groups excluding carboxylic acids is 1. The minimum Gasteiger partial charge on any atom is -0.493 e. The first-order valence-electron chi connectivity index (χ1n) is 7.90. The fourth-order valence-corrected chi connectivity index (χ4v) is 2.91. The Hall–Kier alpha value is -3.40. The van der Waals surface area contributed by atoms with Crippen LogP contribution in [0.1, 0.15) is 10.4 Å². The largest absolute Gasteiger partial charge is 0.493 e. The molecule has 0 spiro atoms. The second-order valence-electron chi connectivity index (χ2n) is 5.56. The van der Waals surface area contributed by atoms with E-state index in [2.05, 4.69) is 4.98 Å². The molecule has 1 heterocycles. The van der Waals surface area contributed by atoms with Crippen molar-refractivity contribution in [3.8, 4) is 11.5 Å². The normalized spacial score (nSPS) is 10.8. The molecule has 0 aliphatic heterocycles. The molecule has 0 radical (unpaired) electrons. The molecule has 122 valence electrons. The Kier molecular flexibility index (Phi) is 3.78. The summed E-state index contributed by atoms with van der Waals surface area (Å²) < 4.78 is 10.9. The lowest BCUT2D eigenvalue weighted by Crippen LogP contribution is -2.11. The average molecular weight is 329 g/mol. The summed E-state index contributed by atoms with van der Waals surface area (Å²) in [5.74, 6) is 0.470. The third-order valence-corrected chi connectivity index (χ3v) is 4.06. The molecule has 4 heteroatoms. The first-order chi connectivity index (χ1) is 12.3. The Bertz CT molecular complexity index is 1030. The number of nitrogens with zero attached hydrogens (tertiary/aromatic N) is 1. The van der Waals surface area contributed by atoms with Crippen LogP contribution in [0.25, 0.3) is 21.8 Å². The molecule has 0 saturated heterocycles. The number of hydrogen-bond acceptors (Lipinski definition) is 4. The molecule has 0 fully saturated rings. The van der Waals surface area contributed by atoms with Crippen molar-refractivity contribution in [3.63, 3.8) is 0 Å². The molecule has 0 aliphatic rings. The highest BCUT2D eigenvalue weighted by atomic mass is 16.6. The quantitative estimate of drug-likeness (QED) is 0.313. The van der Waals surface area contributed by atoms with Crippen molar-refractivity contribution in [1.82, 2.24) is 4.98 Å². The minimum atomic E-state index is -0.431. The molecule has 0 bridgehead atoms. The van der Waals surface area contributed by atoms with Gasteiger partial charge in [-0.2, -0.15) is 0 Å². The zero-order chi connectivity index (χ0) is 17.2. The molecule has 3 aromatic carbocycles. The fraction of sp³-hybridized carbons (Fsp3) is 0.0476. The van der Waals surface area contributed by atoms with Crippen LogP contribution in [-0.2, 0) is 0 Å². The maximum absolute atomic E-state index is 13.0. The van der Waals surface area contributed by atoms with Crippen LogP contribution in [0.4, 0.5) is 0 Å². The number of fused-ring (bicyclic) bond motifs is 2. The Morgan fingerprint density at radius 1 is 0.760 bits per heavy atom. The first-order valence-corrected chi connectivity index (χ1v) is 7.90. The number of hydrogen-bond donors (Lipinski definition) is 0. The van der Waals surface area contributed by atoms with E-state index in [-0.39, 0.29) is 0 Å². The van der Waals surface area contributed by atoms with Crippen LogP contribution in [0.15, 0.2) is 72.8 Å². The van der Waals surface area contributed by atoms with Gasteiger partial charge in [0.05, 0.1) is 23.7 Å². The van der Waals surface area contributed by atoms with Gasteiger partial charge in [-0.15, -0.1) is 0 Å². The molecule has 4 aromatic rings. The van der Waals surface area contributed by atoms with Crippen molar-refractivity contribution in [2.45, 2.75) is 0 Å². The predicted molar refractivity (Wildman–Crippen MR) is 97.2 cm³/mol. The van der Waals surface area contributed by atoms with Crippen LogP contribution in [0.5, 0.6) is 11.5 Å². The summed E-state index contributed by atoms with van der Waals surface area (Å²) in [6, 6.07) is 22.2. The predicted octanol–water partition coefficient (Wildman–Crippen LogP) is 4.62. The van der Waals surface area contributed by atoms with E-state index in [0.29, 0.717) is 17.1 Å². The van der Waals surface area contributed by atoms with E-state index in [0.717, 1.165) is 21.8 Å². The fourth-order valence-electron chi connectivity index (χ4n) is 2.91. The highest BCUT2D eigenvalue weighted by Crippen LogP contribution is 2.30. The van der Waals surface area contributed by atoms with Crippen molar-refractivity contribution < 1.29 is 14.3 Å². The Morgan fingerprint density at radius 3 is 1.88 bits per heavy atom. The van der Waals surface area contributed by atoms with Gasteiger partial charge in [0.15, 0.2) is 11.5 Å². The molecule has 0 amide bonds. The SMILES string of the molecule is COc1ccccc1OC(=O)c1c2ccccc2nc2ccccc12. The number of carbonyl (C=O) groups is 1. The van der Waals surface area contributed by atoms with Gasteiger partial charge < -0.3 is 9.47 Å². The van der Waals surface area contributed by atoms with Gasteiger partial charge in [0.25, 0.3) is 0 Å². The van der Waals surface area contributed by atoms with Gasteiger partial charge in [-0.25, -0.2) is 9.78 Å². The summed E-state index contributed by atoms with van der Waals surface area (Å²) in [6.45, 7) is 0. The van der Waals surface area contributed by atoms with Crippen molar-refractivity contribution in [2.24, 2.45) is 0 Å². The molecule has 4 rings (SSSR count). The smallest absolute Gasteiger partial charge is 0.345 e. The Labute approximate surface area is 144 Å². The van der Waals surface area contributed by atoms with Gasteiger partial charge in [0.2, 0.25) is 0 Å². The molecular weight excluding hydrogens is 314 g/mol. The number of methoxy groups -OCH3 is 1. The number of ether oxygens (including phenoxy) is 2. The Balaban J connectivity index is 1.90. The molecular formula is C21H15NO3. The van der Waals surface area contributed by atoms with E-state index in [1.807, 2.05) is 54.6 Å². The van der Waals surface area contributed by atoms with Gasteiger partial charge >= 0.3 is 5.97 Å². The number of benzene rings is 3. The van der Waals surface area contributed by atoms with Crippen LogP contribution in [0.2, 0.25) is 0 Å². The van der Waals surface area contributed by atoms with E-state index >= 15 is 0 Å². The standard InChI is InChI=1S/C21H15NO3/c1-24-18-12-6-7-13-19(18)25-21(23)20-14-8-2-4-10-16(14)22-17-11-5-3-9-15(17)20/h2-13H,1H3. The van der Waals surface area contributed by atoms with Crippen molar-refractivity contribution >= 4 is 27.8 Å². The summed E-state index contributed by atoms with van der Waals surface area (Å²) in [6.07, 6.45) is 0. The summed E-state index contributed by atoms with van der Waals surface area (Å²) in [5, 5.41) is 1.53. The highest BCUT2D eigenvalue weighted by Gasteiger charge is 2.19. The van der Waals surface area contributed by atoms with Gasteiger partial charge in [-0.3, -0.25) is 0 Å². The number of esters is 1. The molecule has 0 saturated carbocycles. The van der Waals surface area contributed by atoms with Crippen LogP contribution in [0.3, 0.4) is 0 Å². The molecule has 0 N–H and O–H groups in total. The first kappa shape index (κ1) is 15.1. The van der Waals surface area contributed by atoms with Crippen LogP contribution >= 0.6 is 0 Å². The van der Waals surface area contributed by atoms with Crippen LogP contribution < -0.4 is 9.47 Å². The summed E-state index contributed by atoms with van der Waals surface area (Å²) in [4.78, 5) is 17.6. The molecule has 1 aromatic heterocycles. The van der Waals surface area contributed by atoms with Crippen molar-refractivity contribution in [3.05, 3.63) is 78.4 Å². The summed E-state index contributed by atoms with van der Waals surface area (Å²) >= 11 is 0. The maximum Gasteiger partial charge on any atom is 0.345 e. The lowest BCUT2D eigenvalue weighted by Gasteiger charge is -2.12. The third-order valence-electron chi connectivity index (χ3n) is 4.06. The summed E-state index contributed by atoms with van der Waals surface area (Å²) in [5.41, 5.74) is 2.02. The lowest BCUT2D eigenvalue weighted by atomic mass is 10.0. The number of pyridine rings is 1. The molecule has 0 atom stereocenters. The lowest BCUT2D eigenvalue weighted by molar-refractivity contribution is 0.0734. The zero-order valence-corrected chi connectivity index (χ0v) is 13.6. The molecule has 25 heavy (non-hydrogen) atoms. The molecule has 0 aliphatic carbocycles. The highest BCUT2D eigenvalue weighted by molar-refractivity contribution is 6.14. The van der Waals surface area contributed by atoms with E-state index in [1.165, 1.54) is 0 Å². The second-order valence-corrected chi connectivity index (χ2v) is 5.56. The topological polar surface area (TPSA) is 48.4 Å². The summed E-state index contributed by atoms with van der Waals surface area (Å²) in [7, 11) is 1.55. The number of para-hydroxylation sites is 4. The van der Waals surface area contributed by atoms with E-state index in [1.54, 1.807) is 25.3 Å². The van der Waals surface area contributed by atoms with E-state index in [9.17, 15) is 4.79 Å². The third kappa shape index (κ3) is 2.68. The minimum absolute atomic E-state index is 0.389. The van der Waals surface area contributed by atoms with E-state index in [4.69, 9.17) is 9.47 Å². The zero-order valence-electron chi connectivity index (χ0n) is 13.6. The van der Waals surface area contributed by atoms with Crippen LogP contribution in [0, 0.1) is 0 Å². The Morgan fingerprint density at radius 2 is 1.28 bits per heavy atom. The average Bonchev–Trinajstić information content (AvgIpc) is 2.66. The van der Waals surface area contributed by atoms with Crippen molar-refractivity contribution in [1.29, 1.82) is 0 Å². The second kappa shape index (κ2) is 6.24. The monoisotopic (exact) mass is 329 g/mol. The number of rotatable bonds is 3. The molecule has 4 nitrogen and oxygen atoms in total. The van der Waals surface area contributed by atoms with Gasteiger partial charge in [0, 0.05) is 10.8 Å².